The number of hydrogen-bond donors (Lipinski definition) is 0. The fraction of sp³-hybridized carbons (Fsp3) is 0.182. The molecule has 0 saturated heterocycles. The van der Waals surface area contributed by atoms with Gasteiger partial charge in [0.15, 0.2) is 0 Å². The van der Waals surface area contributed by atoms with Gasteiger partial charge in [0.25, 0.3) is 11.3 Å². The van der Waals surface area contributed by atoms with E-state index in [4.69, 9.17) is 4.52 Å². The Hall–Kier alpha value is -3.81. The maximum absolute atomic E-state index is 13.6. The first-order chi connectivity index (χ1) is 14.6. The lowest BCUT2D eigenvalue weighted by atomic mass is 10.1. The summed E-state index contributed by atoms with van der Waals surface area (Å²) < 4.78 is 20.1. The molecule has 2 aromatic carbocycles. The molecule has 0 atom stereocenters. The number of fused-ring (bicyclic) bond motifs is 2. The SMILES string of the molecule is O=C(CCn1cnc2onc(-c3cccc(F)c3)c2c1=O)N1CCc2ccccc21. The van der Waals surface area contributed by atoms with Crippen molar-refractivity contribution >= 4 is 22.7 Å². The van der Waals surface area contributed by atoms with Crippen molar-refractivity contribution in [3.8, 4) is 11.3 Å². The van der Waals surface area contributed by atoms with E-state index in [1.165, 1.54) is 29.1 Å². The van der Waals surface area contributed by atoms with Gasteiger partial charge in [0.1, 0.15) is 23.2 Å². The number of rotatable bonds is 4. The summed E-state index contributed by atoms with van der Waals surface area (Å²) >= 11 is 0. The van der Waals surface area contributed by atoms with Crippen LogP contribution in [0.15, 0.2) is 64.2 Å². The molecule has 1 aliphatic rings. The number of carbonyl (C=O) groups is 1. The van der Waals surface area contributed by atoms with Crippen LogP contribution in [0, 0.1) is 5.82 Å². The minimum atomic E-state index is -0.440. The molecule has 0 spiro atoms. The van der Waals surface area contributed by atoms with E-state index in [9.17, 15) is 14.0 Å². The highest BCUT2D eigenvalue weighted by molar-refractivity contribution is 5.95. The Balaban J connectivity index is 1.42. The maximum Gasteiger partial charge on any atom is 0.266 e. The second-order valence-corrected chi connectivity index (χ2v) is 7.14. The van der Waals surface area contributed by atoms with Gasteiger partial charge >= 0.3 is 0 Å². The number of carbonyl (C=O) groups excluding carboxylic acids is 1. The van der Waals surface area contributed by atoms with Crippen LogP contribution in [0.5, 0.6) is 0 Å². The lowest BCUT2D eigenvalue weighted by Crippen LogP contribution is -2.31. The van der Waals surface area contributed by atoms with Crippen molar-refractivity contribution < 1.29 is 13.7 Å². The van der Waals surface area contributed by atoms with Crippen molar-refractivity contribution in [1.29, 1.82) is 0 Å². The number of aromatic nitrogens is 3. The topological polar surface area (TPSA) is 81.2 Å². The predicted molar refractivity (Wildman–Crippen MR) is 109 cm³/mol. The number of hydrogen-bond acceptors (Lipinski definition) is 5. The molecule has 0 N–H and O–H groups in total. The standard InChI is InChI=1S/C22H17FN4O3/c23-16-6-3-5-15(12-16)20-19-21(30-25-20)24-13-26(22(19)29)10-9-18(28)27-11-8-14-4-1-2-7-17(14)27/h1-7,12-13H,8-11H2. The van der Waals surface area contributed by atoms with Gasteiger partial charge in [-0.25, -0.2) is 9.37 Å². The van der Waals surface area contributed by atoms with Crippen molar-refractivity contribution in [1.82, 2.24) is 14.7 Å². The summed E-state index contributed by atoms with van der Waals surface area (Å²) in [5, 5.41) is 4.07. The molecule has 0 fully saturated rings. The third-order valence-corrected chi connectivity index (χ3v) is 5.32. The van der Waals surface area contributed by atoms with Crippen molar-refractivity contribution in [3.63, 3.8) is 0 Å². The third kappa shape index (κ3) is 3.06. The Bertz CT molecular complexity index is 1330. The molecule has 150 valence electrons. The summed E-state index contributed by atoms with van der Waals surface area (Å²) in [4.78, 5) is 31.6. The van der Waals surface area contributed by atoms with Gasteiger partial charge in [-0.2, -0.15) is 0 Å². The van der Waals surface area contributed by atoms with Crippen molar-refractivity contribution in [2.75, 3.05) is 11.4 Å². The largest absolute Gasteiger partial charge is 0.335 e. The zero-order valence-corrected chi connectivity index (χ0v) is 15.9. The first kappa shape index (κ1) is 18.2. The minimum absolute atomic E-state index is 0.0531. The molecule has 4 aromatic rings. The molecule has 0 bridgehead atoms. The Labute approximate surface area is 170 Å². The molecule has 30 heavy (non-hydrogen) atoms. The monoisotopic (exact) mass is 404 g/mol. The van der Waals surface area contributed by atoms with Crippen LogP contribution in [0.3, 0.4) is 0 Å². The van der Waals surface area contributed by atoms with Crippen LogP contribution in [0.25, 0.3) is 22.4 Å². The molecule has 7 nitrogen and oxygen atoms in total. The number of halogens is 1. The smallest absolute Gasteiger partial charge is 0.266 e. The van der Waals surface area contributed by atoms with E-state index >= 15 is 0 Å². The number of aryl methyl sites for hydroxylation is 1. The van der Waals surface area contributed by atoms with Gasteiger partial charge < -0.3 is 9.42 Å². The second-order valence-electron chi connectivity index (χ2n) is 7.14. The fourth-order valence-corrected chi connectivity index (χ4v) is 3.82. The molecule has 0 saturated carbocycles. The van der Waals surface area contributed by atoms with Crippen molar-refractivity contribution in [3.05, 3.63) is 76.6 Å². The highest BCUT2D eigenvalue weighted by Crippen LogP contribution is 2.28. The molecule has 2 aromatic heterocycles. The molecule has 1 amide bonds. The summed E-state index contributed by atoms with van der Waals surface area (Å²) in [6.45, 7) is 0.812. The molecule has 0 aliphatic carbocycles. The maximum atomic E-state index is 13.6. The van der Waals surface area contributed by atoms with Gasteiger partial charge in [0, 0.05) is 30.8 Å². The molecule has 3 heterocycles. The summed E-state index contributed by atoms with van der Waals surface area (Å²) in [6.07, 6.45) is 2.32. The van der Waals surface area contributed by atoms with Crippen LogP contribution < -0.4 is 10.5 Å². The lowest BCUT2D eigenvalue weighted by molar-refractivity contribution is -0.118. The average Bonchev–Trinajstić information content (AvgIpc) is 3.38. The molecule has 1 aliphatic heterocycles. The molecule has 5 rings (SSSR count). The minimum Gasteiger partial charge on any atom is -0.335 e. The van der Waals surface area contributed by atoms with E-state index in [2.05, 4.69) is 10.1 Å². The van der Waals surface area contributed by atoms with Crippen molar-refractivity contribution in [2.24, 2.45) is 0 Å². The number of para-hydroxylation sites is 1. The normalized spacial score (nSPS) is 13.0. The predicted octanol–water partition coefficient (Wildman–Crippen LogP) is 3.17. The van der Waals surface area contributed by atoms with Crippen LogP contribution in [0.2, 0.25) is 0 Å². The van der Waals surface area contributed by atoms with E-state index in [0.717, 1.165) is 17.7 Å². The average molecular weight is 404 g/mol. The van der Waals surface area contributed by atoms with Gasteiger partial charge in [-0.3, -0.25) is 14.2 Å². The van der Waals surface area contributed by atoms with E-state index in [1.54, 1.807) is 11.0 Å². The van der Waals surface area contributed by atoms with Crippen LogP contribution in [0.1, 0.15) is 12.0 Å². The fourth-order valence-electron chi connectivity index (χ4n) is 3.82. The first-order valence-corrected chi connectivity index (χ1v) is 9.61. The summed E-state index contributed by atoms with van der Waals surface area (Å²) in [5.41, 5.74) is 2.43. The van der Waals surface area contributed by atoms with Crippen LogP contribution in [-0.4, -0.2) is 27.2 Å². The first-order valence-electron chi connectivity index (χ1n) is 9.61. The van der Waals surface area contributed by atoms with E-state index in [1.807, 2.05) is 24.3 Å². The Morgan fingerprint density at radius 3 is 2.90 bits per heavy atom. The third-order valence-electron chi connectivity index (χ3n) is 5.32. The molecule has 0 radical (unpaired) electrons. The summed E-state index contributed by atoms with van der Waals surface area (Å²) in [6, 6.07) is 13.6. The summed E-state index contributed by atoms with van der Waals surface area (Å²) in [7, 11) is 0. The molecular formula is C22H17FN4O3. The Morgan fingerprint density at radius 1 is 1.17 bits per heavy atom. The highest BCUT2D eigenvalue weighted by atomic mass is 19.1. The van der Waals surface area contributed by atoms with Crippen LogP contribution in [-0.2, 0) is 17.8 Å². The van der Waals surface area contributed by atoms with E-state index in [-0.39, 0.29) is 41.2 Å². The van der Waals surface area contributed by atoms with Gasteiger partial charge in [-0.15, -0.1) is 0 Å². The van der Waals surface area contributed by atoms with E-state index < -0.39 is 5.82 Å². The zero-order chi connectivity index (χ0) is 20.7. The zero-order valence-electron chi connectivity index (χ0n) is 15.9. The Morgan fingerprint density at radius 2 is 2.03 bits per heavy atom. The van der Waals surface area contributed by atoms with Crippen LogP contribution in [0.4, 0.5) is 10.1 Å². The summed E-state index contributed by atoms with van der Waals surface area (Å²) in [5.74, 6) is -0.494. The van der Waals surface area contributed by atoms with Crippen LogP contribution >= 0.6 is 0 Å². The molecular weight excluding hydrogens is 387 g/mol. The quantitative estimate of drug-likeness (QED) is 0.522. The van der Waals surface area contributed by atoms with Gasteiger partial charge in [0.2, 0.25) is 5.91 Å². The van der Waals surface area contributed by atoms with Gasteiger partial charge in [-0.1, -0.05) is 35.5 Å². The van der Waals surface area contributed by atoms with Gasteiger partial charge in [-0.05, 0) is 30.2 Å². The molecule has 0 unspecified atom stereocenters. The van der Waals surface area contributed by atoms with Gasteiger partial charge in [0.05, 0.1) is 0 Å². The van der Waals surface area contributed by atoms with Crippen molar-refractivity contribution in [2.45, 2.75) is 19.4 Å². The number of benzene rings is 2. The second kappa shape index (κ2) is 7.22. The van der Waals surface area contributed by atoms with E-state index in [0.29, 0.717) is 12.1 Å². The highest BCUT2D eigenvalue weighted by Gasteiger charge is 2.24. The number of anilines is 1. The Kier molecular flexibility index (Phi) is 4.39. The lowest BCUT2D eigenvalue weighted by Gasteiger charge is -2.17. The molecule has 8 heteroatoms. The number of nitrogens with zero attached hydrogens (tertiary/aromatic N) is 4. The number of amides is 1.